The molecule has 1 aliphatic heterocycles. The second-order valence-corrected chi connectivity index (χ2v) is 8.23. The summed E-state index contributed by atoms with van der Waals surface area (Å²) in [5, 5.41) is -0.434. The SMILES string of the molecule is CCC(=O)C1(c2cccc(-c3nc(-c4ccccc4)oc3C)c2)SC(=O)N(C)C1=O. The van der Waals surface area contributed by atoms with Crippen molar-refractivity contribution in [3.05, 3.63) is 65.9 Å². The van der Waals surface area contributed by atoms with Crippen LogP contribution < -0.4 is 0 Å². The van der Waals surface area contributed by atoms with Crippen molar-refractivity contribution in [2.45, 2.75) is 25.0 Å². The molecule has 6 nitrogen and oxygen atoms in total. The predicted molar refractivity (Wildman–Crippen MR) is 115 cm³/mol. The van der Waals surface area contributed by atoms with E-state index in [1.165, 1.54) is 7.05 Å². The third-order valence-corrected chi connectivity index (χ3v) is 6.59. The average molecular weight is 420 g/mol. The first-order chi connectivity index (χ1) is 14.4. The van der Waals surface area contributed by atoms with Crippen molar-refractivity contribution in [1.29, 1.82) is 0 Å². The summed E-state index contributed by atoms with van der Waals surface area (Å²) < 4.78 is 4.30. The zero-order valence-corrected chi connectivity index (χ0v) is 17.7. The molecule has 1 aromatic heterocycles. The van der Waals surface area contributed by atoms with Gasteiger partial charge in [0.25, 0.3) is 11.1 Å². The number of amides is 2. The molecule has 1 atom stereocenters. The lowest BCUT2D eigenvalue weighted by atomic mass is 9.89. The zero-order valence-electron chi connectivity index (χ0n) is 16.8. The zero-order chi connectivity index (χ0) is 21.5. The maximum absolute atomic E-state index is 13.0. The lowest BCUT2D eigenvalue weighted by Crippen LogP contribution is -2.41. The number of nitrogens with zero attached hydrogens (tertiary/aromatic N) is 2. The molecule has 30 heavy (non-hydrogen) atoms. The summed E-state index contributed by atoms with van der Waals surface area (Å²) in [6.45, 7) is 3.51. The molecule has 2 amide bonds. The van der Waals surface area contributed by atoms with Crippen LogP contribution >= 0.6 is 11.8 Å². The smallest absolute Gasteiger partial charge is 0.289 e. The maximum atomic E-state index is 13.0. The molecular formula is C23H20N2O4S. The highest BCUT2D eigenvalue weighted by atomic mass is 32.2. The van der Waals surface area contributed by atoms with Crippen molar-refractivity contribution in [2.24, 2.45) is 0 Å². The van der Waals surface area contributed by atoms with Crippen LogP contribution in [0.5, 0.6) is 0 Å². The molecule has 0 bridgehead atoms. The largest absolute Gasteiger partial charge is 0.441 e. The fourth-order valence-corrected chi connectivity index (χ4v) is 4.79. The van der Waals surface area contributed by atoms with Gasteiger partial charge in [0.15, 0.2) is 10.5 Å². The number of aryl methyl sites for hydroxylation is 1. The minimum atomic E-state index is -1.56. The van der Waals surface area contributed by atoms with Gasteiger partial charge in [-0.3, -0.25) is 19.3 Å². The van der Waals surface area contributed by atoms with Crippen LogP contribution in [-0.2, 0) is 14.3 Å². The van der Waals surface area contributed by atoms with Crippen LogP contribution in [0.3, 0.4) is 0 Å². The van der Waals surface area contributed by atoms with E-state index in [0.29, 0.717) is 22.9 Å². The minimum absolute atomic E-state index is 0.144. The Morgan fingerprint density at radius 1 is 1.10 bits per heavy atom. The Kier molecular flexibility index (Phi) is 5.07. The Balaban J connectivity index is 1.82. The van der Waals surface area contributed by atoms with Gasteiger partial charge in [-0.15, -0.1) is 0 Å². The van der Waals surface area contributed by atoms with Crippen LogP contribution in [0, 0.1) is 6.92 Å². The topological polar surface area (TPSA) is 80.5 Å². The summed E-state index contributed by atoms with van der Waals surface area (Å²) in [7, 11) is 1.40. The van der Waals surface area contributed by atoms with E-state index in [1.807, 2.05) is 43.3 Å². The van der Waals surface area contributed by atoms with Crippen LogP contribution in [0.25, 0.3) is 22.7 Å². The predicted octanol–water partition coefficient (Wildman–Crippen LogP) is 4.82. The Bertz CT molecular complexity index is 1160. The fraction of sp³-hybridized carbons (Fsp3) is 0.217. The third kappa shape index (κ3) is 3.06. The first-order valence-corrected chi connectivity index (χ1v) is 10.4. The number of Topliss-reactive ketones (excluding diaryl/α,β-unsaturated/α-hetero) is 1. The van der Waals surface area contributed by atoms with Gasteiger partial charge in [0.2, 0.25) is 5.89 Å². The normalized spacial score (nSPS) is 18.8. The lowest BCUT2D eigenvalue weighted by Gasteiger charge is -2.24. The second kappa shape index (κ2) is 7.57. The van der Waals surface area contributed by atoms with Crippen LogP contribution in [0.1, 0.15) is 24.7 Å². The number of imide groups is 1. The van der Waals surface area contributed by atoms with Crippen molar-refractivity contribution < 1.29 is 18.8 Å². The van der Waals surface area contributed by atoms with E-state index in [0.717, 1.165) is 27.8 Å². The summed E-state index contributed by atoms with van der Waals surface area (Å²) in [4.78, 5) is 43.8. The molecule has 1 fully saturated rings. The van der Waals surface area contributed by atoms with Crippen LogP contribution in [-0.4, -0.2) is 33.9 Å². The molecule has 1 saturated heterocycles. The lowest BCUT2D eigenvalue weighted by molar-refractivity contribution is -0.135. The van der Waals surface area contributed by atoms with E-state index in [4.69, 9.17) is 4.42 Å². The quantitative estimate of drug-likeness (QED) is 0.551. The molecular weight excluding hydrogens is 400 g/mol. The number of carbonyl (C=O) groups is 3. The highest BCUT2D eigenvalue weighted by Gasteiger charge is 2.57. The first kappa shape index (κ1) is 20.1. The van der Waals surface area contributed by atoms with Gasteiger partial charge in [-0.05, 0) is 42.4 Å². The Labute approximate surface area is 178 Å². The fourth-order valence-electron chi connectivity index (χ4n) is 3.58. The molecule has 0 N–H and O–H groups in total. The number of rotatable bonds is 5. The maximum Gasteiger partial charge on any atom is 0.289 e. The molecule has 4 rings (SSSR count). The van der Waals surface area contributed by atoms with Crippen molar-refractivity contribution in [3.63, 3.8) is 0 Å². The van der Waals surface area contributed by atoms with Gasteiger partial charge >= 0.3 is 0 Å². The average Bonchev–Trinajstić information content (AvgIpc) is 3.27. The van der Waals surface area contributed by atoms with Gasteiger partial charge in [0.05, 0.1) is 0 Å². The van der Waals surface area contributed by atoms with Gasteiger partial charge in [0.1, 0.15) is 11.5 Å². The molecule has 0 aliphatic carbocycles. The molecule has 1 unspecified atom stereocenters. The number of carbonyl (C=O) groups excluding carboxylic acids is 3. The summed E-state index contributed by atoms with van der Waals surface area (Å²) in [5.74, 6) is 0.312. The van der Waals surface area contributed by atoms with Crippen molar-refractivity contribution in [3.8, 4) is 22.7 Å². The summed E-state index contributed by atoms with van der Waals surface area (Å²) >= 11 is 0.769. The monoisotopic (exact) mass is 420 g/mol. The van der Waals surface area contributed by atoms with E-state index >= 15 is 0 Å². The molecule has 7 heteroatoms. The standard InChI is InChI=1S/C23H20N2O4S/c1-4-18(26)23(21(27)25(3)22(28)30-23)17-12-8-11-16(13-17)19-14(2)29-20(24-19)15-9-6-5-7-10-15/h5-13H,4H2,1-3H3. The molecule has 2 aromatic carbocycles. The molecule has 1 aliphatic rings. The van der Waals surface area contributed by atoms with E-state index in [1.54, 1.807) is 25.1 Å². The number of thioether (sulfide) groups is 1. The van der Waals surface area contributed by atoms with Crippen molar-refractivity contribution in [2.75, 3.05) is 7.05 Å². The van der Waals surface area contributed by atoms with E-state index in [2.05, 4.69) is 4.98 Å². The van der Waals surface area contributed by atoms with Gasteiger partial charge in [-0.1, -0.05) is 43.3 Å². The molecule has 0 saturated carbocycles. The van der Waals surface area contributed by atoms with Gasteiger partial charge in [0, 0.05) is 24.6 Å². The Morgan fingerprint density at radius 2 is 1.80 bits per heavy atom. The molecule has 3 aromatic rings. The summed E-state index contributed by atoms with van der Waals surface area (Å²) in [5.41, 5.74) is 2.68. The number of hydrogen-bond donors (Lipinski definition) is 0. The number of likely N-dealkylation sites (N-methyl/N-ethyl adjacent to an activating group) is 1. The molecule has 152 valence electrons. The summed E-state index contributed by atoms with van der Waals surface area (Å²) in [6, 6.07) is 16.6. The number of ketones is 1. The van der Waals surface area contributed by atoms with E-state index in [9.17, 15) is 14.4 Å². The third-order valence-electron chi connectivity index (χ3n) is 5.19. The van der Waals surface area contributed by atoms with E-state index in [-0.39, 0.29) is 12.2 Å². The number of oxazole rings is 1. The van der Waals surface area contributed by atoms with Crippen LogP contribution in [0.4, 0.5) is 4.79 Å². The highest BCUT2D eigenvalue weighted by molar-refractivity contribution is 8.16. The first-order valence-electron chi connectivity index (χ1n) is 9.56. The van der Waals surface area contributed by atoms with E-state index < -0.39 is 15.9 Å². The summed E-state index contributed by atoms with van der Waals surface area (Å²) in [6.07, 6.45) is 0.144. The Morgan fingerprint density at radius 3 is 2.43 bits per heavy atom. The van der Waals surface area contributed by atoms with Crippen molar-refractivity contribution in [1.82, 2.24) is 9.88 Å². The number of hydrogen-bond acceptors (Lipinski definition) is 6. The second-order valence-electron chi connectivity index (χ2n) is 7.06. The minimum Gasteiger partial charge on any atom is -0.441 e. The van der Waals surface area contributed by atoms with Gasteiger partial charge in [-0.25, -0.2) is 4.98 Å². The van der Waals surface area contributed by atoms with Crippen LogP contribution in [0.2, 0.25) is 0 Å². The number of benzene rings is 2. The molecule has 0 radical (unpaired) electrons. The molecule has 2 heterocycles. The van der Waals surface area contributed by atoms with Gasteiger partial charge < -0.3 is 4.42 Å². The Hall–Kier alpha value is -3.19. The van der Waals surface area contributed by atoms with Crippen molar-refractivity contribution >= 4 is 28.7 Å². The molecule has 0 spiro atoms. The van der Waals surface area contributed by atoms with Gasteiger partial charge in [-0.2, -0.15) is 0 Å². The number of aromatic nitrogens is 1. The highest BCUT2D eigenvalue weighted by Crippen LogP contribution is 2.47. The van der Waals surface area contributed by atoms with Crippen LogP contribution in [0.15, 0.2) is 59.0 Å².